The number of aliphatic carboxylic acids is 1. The van der Waals surface area contributed by atoms with Crippen LogP contribution >= 0.6 is 11.3 Å². The highest BCUT2D eigenvalue weighted by Crippen LogP contribution is 2.28. The van der Waals surface area contributed by atoms with Crippen molar-refractivity contribution in [2.24, 2.45) is 5.92 Å². The molecule has 0 aliphatic heterocycles. The zero-order chi connectivity index (χ0) is 11.5. The molecule has 0 radical (unpaired) electrons. The topological polar surface area (TPSA) is 75.1 Å². The summed E-state index contributed by atoms with van der Waals surface area (Å²) in [5.74, 6) is -1.00. The lowest BCUT2D eigenvalue weighted by Gasteiger charge is -2.28. The van der Waals surface area contributed by atoms with Gasteiger partial charge in [-0.25, -0.2) is 0 Å². The molecule has 1 fully saturated rings. The SMILES string of the molecule is Cc1nnc(NC2CCCCC2C(=O)O)s1. The zero-order valence-electron chi connectivity index (χ0n) is 9.14. The Kier molecular flexibility index (Phi) is 3.38. The number of carbonyl (C=O) groups is 1. The second kappa shape index (κ2) is 4.78. The van der Waals surface area contributed by atoms with E-state index in [1.807, 2.05) is 6.92 Å². The number of hydrogen-bond acceptors (Lipinski definition) is 5. The summed E-state index contributed by atoms with van der Waals surface area (Å²) in [6.07, 6.45) is 3.74. The van der Waals surface area contributed by atoms with Crippen LogP contribution in [0.3, 0.4) is 0 Å². The standard InChI is InChI=1S/C10H15N3O2S/c1-6-12-13-10(16-6)11-8-5-3-2-4-7(8)9(14)15/h7-8H,2-5H2,1H3,(H,11,13)(H,14,15). The lowest BCUT2D eigenvalue weighted by atomic mass is 9.85. The number of carboxylic acid groups (broad SMARTS) is 1. The van der Waals surface area contributed by atoms with Crippen molar-refractivity contribution >= 4 is 22.4 Å². The Bertz CT molecular complexity index is 380. The minimum Gasteiger partial charge on any atom is -0.481 e. The molecule has 0 aromatic carbocycles. The molecular formula is C10H15N3O2S. The van der Waals surface area contributed by atoms with Gasteiger partial charge in [-0.3, -0.25) is 4.79 Å². The molecule has 5 nitrogen and oxygen atoms in total. The van der Waals surface area contributed by atoms with Crippen LogP contribution in [0.2, 0.25) is 0 Å². The van der Waals surface area contributed by atoms with Crippen LogP contribution in [-0.2, 0) is 4.79 Å². The molecule has 1 aromatic heterocycles. The van der Waals surface area contributed by atoms with Crippen LogP contribution in [0.4, 0.5) is 5.13 Å². The van der Waals surface area contributed by atoms with E-state index in [0.29, 0.717) is 0 Å². The fraction of sp³-hybridized carbons (Fsp3) is 0.700. The minimum atomic E-state index is -0.710. The van der Waals surface area contributed by atoms with Crippen molar-refractivity contribution < 1.29 is 9.90 Å². The largest absolute Gasteiger partial charge is 0.481 e. The molecule has 2 N–H and O–H groups in total. The second-order valence-electron chi connectivity index (χ2n) is 4.11. The molecule has 1 saturated carbocycles. The number of nitrogens with one attached hydrogen (secondary N) is 1. The molecule has 0 bridgehead atoms. The number of aryl methyl sites for hydroxylation is 1. The summed E-state index contributed by atoms with van der Waals surface area (Å²) in [7, 11) is 0. The maximum absolute atomic E-state index is 11.1. The Balaban J connectivity index is 2.03. The average Bonchev–Trinajstić information content (AvgIpc) is 2.64. The van der Waals surface area contributed by atoms with Crippen molar-refractivity contribution in [3.63, 3.8) is 0 Å². The molecule has 88 valence electrons. The second-order valence-corrected chi connectivity index (χ2v) is 5.29. The van der Waals surface area contributed by atoms with Gasteiger partial charge in [0.2, 0.25) is 5.13 Å². The summed E-state index contributed by atoms with van der Waals surface area (Å²) >= 11 is 1.47. The maximum atomic E-state index is 11.1. The van der Waals surface area contributed by atoms with Gasteiger partial charge in [0.25, 0.3) is 0 Å². The fourth-order valence-electron chi connectivity index (χ4n) is 2.11. The van der Waals surface area contributed by atoms with E-state index in [1.54, 1.807) is 0 Å². The molecule has 0 spiro atoms. The Morgan fingerprint density at radius 1 is 1.44 bits per heavy atom. The van der Waals surface area contributed by atoms with Gasteiger partial charge in [0, 0.05) is 6.04 Å². The molecule has 0 amide bonds. The van der Waals surface area contributed by atoms with Crippen LogP contribution in [-0.4, -0.2) is 27.3 Å². The number of nitrogens with zero attached hydrogens (tertiary/aromatic N) is 2. The highest BCUT2D eigenvalue weighted by molar-refractivity contribution is 7.15. The van der Waals surface area contributed by atoms with E-state index in [1.165, 1.54) is 11.3 Å². The van der Waals surface area contributed by atoms with Crippen molar-refractivity contribution in [3.05, 3.63) is 5.01 Å². The first kappa shape index (κ1) is 11.3. The summed E-state index contributed by atoms with van der Waals surface area (Å²) in [6, 6.07) is -0.00130. The first-order chi connectivity index (χ1) is 7.66. The van der Waals surface area contributed by atoms with Crippen LogP contribution in [0.5, 0.6) is 0 Å². The molecule has 2 rings (SSSR count). The van der Waals surface area contributed by atoms with E-state index in [4.69, 9.17) is 5.11 Å². The molecule has 2 unspecified atom stereocenters. The summed E-state index contributed by atoms with van der Waals surface area (Å²) < 4.78 is 0. The Morgan fingerprint density at radius 3 is 2.81 bits per heavy atom. The summed E-state index contributed by atoms with van der Waals surface area (Å²) in [4.78, 5) is 11.1. The van der Waals surface area contributed by atoms with Gasteiger partial charge in [-0.2, -0.15) is 0 Å². The first-order valence-electron chi connectivity index (χ1n) is 5.46. The molecular weight excluding hydrogens is 226 g/mol. The fourth-order valence-corrected chi connectivity index (χ4v) is 2.77. The van der Waals surface area contributed by atoms with Gasteiger partial charge in [0.1, 0.15) is 5.01 Å². The Labute approximate surface area is 97.9 Å². The molecule has 1 heterocycles. The lowest BCUT2D eigenvalue weighted by Crippen LogP contribution is -2.37. The summed E-state index contributed by atoms with van der Waals surface area (Å²) in [5.41, 5.74) is 0. The van der Waals surface area contributed by atoms with Crippen molar-refractivity contribution in [2.75, 3.05) is 5.32 Å². The van der Waals surface area contributed by atoms with E-state index in [2.05, 4.69) is 15.5 Å². The lowest BCUT2D eigenvalue weighted by molar-refractivity contribution is -0.143. The molecule has 0 saturated heterocycles. The van der Waals surface area contributed by atoms with Gasteiger partial charge in [-0.15, -0.1) is 10.2 Å². The van der Waals surface area contributed by atoms with E-state index in [0.717, 1.165) is 35.8 Å². The van der Waals surface area contributed by atoms with Gasteiger partial charge < -0.3 is 10.4 Å². The maximum Gasteiger partial charge on any atom is 0.308 e. The highest BCUT2D eigenvalue weighted by Gasteiger charge is 2.31. The Hall–Kier alpha value is -1.17. The number of aromatic nitrogens is 2. The van der Waals surface area contributed by atoms with Crippen LogP contribution in [0.25, 0.3) is 0 Å². The van der Waals surface area contributed by atoms with Gasteiger partial charge >= 0.3 is 5.97 Å². The molecule has 1 aliphatic carbocycles. The van der Waals surface area contributed by atoms with E-state index in [9.17, 15) is 4.79 Å². The molecule has 2 atom stereocenters. The van der Waals surface area contributed by atoms with Crippen LogP contribution in [0.15, 0.2) is 0 Å². The van der Waals surface area contributed by atoms with Crippen LogP contribution in [0, 0.1) is 12.8 Å². The number of anilines is 1. The van der Waals surface area contributed by atoms with Crippen molar-refractivity contribution in [3.8, 4) is 0 Å². The summed E-state index contributed by atoms with van der Waals surface area (Å²) in [5, 5.41) is 21.8. The van der Waals surface area contributed by atoms with E-state index in [-0.39, 0.29) is 12.0 Å². The predicted octanol–water partition coefficient (Wildman–Crippen LogP) is 1.90. The van der Waals surface area contributed by atoms with Crippen LogP contribution < -0.4 is 5.32 Å². The van der Waals surface area contributed by atoms with Gasteiger partial charge in [-0.05, 0) is 19.8 Å². The third-order valence-corrected chi connectivity index (χ3v) is 3.69. The molecule has 6 heteroatoms. The van der Waals surface area contributed by atoms with Gasteiger partial charge in [0.15, 0.2) is 0 Å². The van der Waals surface area contributed by atoms with Crippen LogP contribution in [0.1, 0.15) is 30.7 Å². The monoisotopic (exact) mass is 241 g/mol. The molecule has 16 heavy (non-hydrogen) atoms. The van der Waals surface area contributed by atoms with Crippen molar-refractivity contribution in [1.29, 1.82) is 0 Å². The predicted molar refractivity (Wildman–Crippen MR) is 61.7 cm³/mol. The highest BCUT2D eigenvalue weighted by atomic mass is 32.1. The van der Waals surface area contributed by atoms with Gasteiger partial charge in [-0.1, -0.05) is 24.2 Å². The quantitative estimate of drug-likeness (QED) is 0.845. The van der Waals surface area contributed by atoms with Crippen molar-refractivity contribution in [2.45, 2.75) is 38.6 Å². The van der Waals surface area contributed by atoms with E-state index >= 15 is 0 Å². The third-order valence-electron chi connectivity index (χ3n) is 2.92. The average molecular weight is 241 g/mol. The third kappa shape index (κ3) is 2.49. The number of rotatable bonds is 3. The van der Waals surface area contributed by atoms with Crippen molar-refractivity contribution in [1.82, 2.24) is 10.2 Å². The minimum absolute atomic E-state index is 0.00130. The van der Waals surface area contributed by atoms with E-state index < -0.39 is 5.97 Å². The number of carboxylic acids is 1. The number of hydrogen-bond donors (Lipinski definition) is 2. The zero-order valence-corrected chi connectivity index (χ0v) is 9.96. The summed E-state index contributed by atoms with van der Waals surface area (Å²) in [6.45, 7) is 1.89. The van der Waals surface area contributed by atoms with Gasteiger partial charge in [0.05, 0.1) is 5.92 Å². The smallest absolute Gasteiger partial charge is 0.308 e. The normalized spacial score (nSPS) is 25.3. The molecule has 1 aromatic rings. The Morgan fingerprint density at radius 2 is 2.19 bits per heavy atom. The molecule has 1 aliphatic rings. The first-order valence-corrected chi connectivity index (χ1v) is 6.28.